The number of rotatable bonds is 4. The van der Waals surface area contributed by atoms with Gasteiger partial charge in [-0.05, 0) is 12.1 Å². The van der Waals surface area contributed by atoms with E-state index in [4.69, 9.17) is 13.9 Å². The molecule has 0 atom stereocenters. The van der Waals surface area contributed by atoms with E-state index < -0.39 is 5.97 Å². The molecule has 6 nitrogen and oxygen atoms in total. The van der Waals surface area contributed by atoms with Gasteiger partial charge in [-0.15, -0.1) is 0 Å². The molecular formula is C10H10N2O4. The van der Waals surface area contributed by atoms with Crippen LogP contribution in [-0.2, 0) is 6.54 Å². The van der Waals surface area contributed by atoms with E-state index in [1.54, 1.807) is 24.3 Å². The standard InChI is InChI=1S/C10H10N2O4/c1-12(5-7-3-2-4-15-7)10-11-8(6-16-10)9(13)14/h2-4,6H,5H2,1H3,(H,13,14). The molecule has 0 aliphatic carbocycles. The van der Waals surface area contributed by atoms with Crippen molar-refractivity contribution < 1.29 is 18.7 Å². The van der Waals surface area contributed by atoms with Crippen LogP contribution in [0.5, 0.6) is 0 Å². The molecule has 0 aromatic carbocycles. The van der Waals surface area contributed by atoms with Gasteiger partial charge in [0, 0.05) is 7.05 Å². The molecular weight excluding hydrogens is 212 g/mol. The summed E-state index contributed by atoms with van der Waals surface area (Å²) < 4.78 is 10.2. The van der Waals surface area contributed by atoms with E-state index in [-0.39, 0.29) is 11.7 Å². The number of carboxylic acids is 1. The van der Waals surface area contributed by atoms with Crippen molar-refractivity contribution in [1.82, 2.24) is 4.98 Å². The monoisotopic (exact) mass is 222 g/mol. The molecule has 16 heavy (non-hydrogen) atoms. The molecule has 2 rings (SSSR count). The zero-order chi connectivity index (χ0) is 11.5. The lowest BCUT2D eigenvalue weighted by Crippen LogP contribution is -2.16. The van der Waals surface area contributed by atoms with Crippen molar-refractivity contribution in [2.75, 3.05) is 11.9 Å². The van der Waals surface area contributed by atoms with Crippen molar-refractivity contribution in [2.45, 2.75) is 6.54 Å². The van der Waals surface area contributed by atoms with Crippen LogP contribution in [0.4, 0.5) is 6.01 Å². The van der Waals surface area contributed by atoms with Crippen molar-refractivity contribution in [1.29, 1.82) is 0 Å². The maximum Gasteiger partial charge on any atom is 0.357 e. The SMILES string of the molecule is CN(Cc1ccco1)c1nc(C(=O)O)co1. The second-order valence-corrected chi connectivity index (χ2v) is 3.26. The molecule has 0 aliphatic rings. The van der Waals surface area contributed by atoms with Gasteiger partial charge in [-0.1, -0.05) is 0 Å². The first-order valence-corrected chi connectivity index (χ1v) is 4.59. The highest BCUT2D eigenvalue weighted by Crippen LogP contribution is 2.15. The quantitative estimate of drug-likeness (QED) is 0.846. The number of aromatic carboxylic acids is 1. The van der Waals surface area contributed by atoms with Gasteiger partial charge in [0.05, 0.1) is 12.8 Å². The Labute approximate surface area is 91.1 Å². The van der Waals surface area contributed by atoms with Gasteiger partial charge in [-0.3, -0.25) is 0 Å². The molecule has 0 amide bonds. The summed E-state index contributed by atoms with van der Waals surface area (Å²) in [4.78, 5) is 16.1. The Morgan fingerprint density at radius 1 is 1.56 bits per heavy atom. The minimum absolute atomic E-state index is 0.110. The average molecular weight is 222 g/mol. The number of anilines is 1. The predicted molar refractivity (Wildman–Crippen MR) is 54.3 cm³/mol. The third kappa shape index (κ3) is 2.05. The molecule has 1 N–H and O–H groups in total. The molecule has 2 aromatic heterocycles. The molecule has 2 aromatic rings. The van der Waals surface area contributed by atoms with Gasteiger partial charge in [0.15, 0.2) is 5.69 Å². The van der Waals surface area contributed by atoms with Gasteiger partial charge in [0.2, 0.25) is 0 Å². The molecule has 0 saturated heterocycles. The van der Waals surface area contributed by atoms with Gasteiger partial charge in [0.25, 0.3) is 6.01 Å². The number of carboxylic acid groups (broad SMARTS) is 1. The van der Waals surface area contributed by atoms with Crippen LogP contribution in [0.2, 0.25) is 0 Å². The van der Waals surface area contributed by atoms with Crippen LogP contribution >= 0.6 is 0 Å². The number of nitrogens with zero attached hydrogens (tertiary/aromatic N) is 2. The normalized spacial score (nSPS) is 10.3. The molecule has 0 fully saturated rings. The first kappa shape index (κ1) is 10.3. The maximum atomic E-state index is 10.6. The third-order valence-electron chi connectivity index (χ3n) is 2.01. The summed E-state index contributed by atoms with van der Waals surface area (Å²) in [5, 5.41) is 8.68. The minimum atomic E-state index is -1.11. The summed E-state index contributed by atoms with van der Waals surface area (Å²) in [6.45, 7) is 0.465. The molecule has 2 heterocycles. The largest absolute Gasteiger partial charge is 0.476 e. The lowest BCUT2D eigenvalue weighted by Gasteiger charge is -2.11. The third-order valence-corrected chi connectivity index (χ3v) is 2.01. The molecule has 6 heteroatoms. The number of furan rings is 1. The zero-order valence-electron chi connectivity index (χ0n) is 8.58. The van der Waals surface area contributed by atoms with Crippen molar-refractivity contribution in [3.63, 3.8) is 0 Å². The predicted octanol–water partition coefficient (Wildman–Crippen LogP) is 1.60. The molecule has 84 valence electrons. The summed E-state index contributed by atoms with van der Waals surface area (Å²) in [7, 11) is 1.74. The van der Waals surface area contributed by atoms with E-state index in [0.717, 1.165) is 12.0 Å². The fraction of sp³-hybridized carbons (Fsp3) is 0.200. The zero-order valence-corrected chi connectivity index (χ0v) is 8.58. The van der Waals surface area contributed by atoms with E-state index in [9.17, 15) is 4.79 Å². The van der Waals surface area contributed by atoms with Crippen LogP contribution in [0.3, 0.4) is 0 Å². The summed E-state index contributed by atoms with van der Waals surface area (Å²) in [6.07, 6.45) is 2.68. The molecule has 0 spiro atoms. The van der Waals surface area contributed by atoms with E-state index >= 15 is 0 Å². The molecule has 0 unspecified atom stereocenters. The second-order valence-electron chi connectivity index (χ2n) is 3.26. The average Bonchev–Trinajstić information content (AvgIpc) is 2.86. The highest BCUT2D eigenvalue weighted by molar-refractivity contribution is 5.85. The Morgan fingerprint density at radius 3 is 2.94 bits per heavy atom. The number of hydrogen-bond acceptors (Lipinski definition) is 5. The van der Waals surface area contributed by atoms with Gasteiger partial charge in [0.1, 0.15) is 12.0 Å². The van der Waals surface area contributed by atoms with Gasteiger partial charge >= 0.3 is 5.97 Å². The maximum absolute atomic E-state index is 10.6. The van der Waals surface area contributed by atoms with Crippen molar-refractivity contribution in [3.05, 3.63) is 36.1 Å². The van der Waals surface area contributed by atoms with Crippen molar-refractivity contribution in [3.8, 4) is 0 Å². The fourth-order valence-electron chi connectivity index (χ4n) is 1.24. The lowest BCUT2D eigenvalue weighted by molar-refractivity contribution is 0.0690. The highest BCUT2D eigenvalue weighted by Gasteiger charge is 2.14. The van der Waals surface area contributed by atoms with Crippen LogP contribution in [0.1, 0.15) is 16.2 Å². The summed E-state index contributed by atoms with van der Waals surface area (Å²) in [6, 6.07) is 3.84. The first-order valence-electron chi connectivity index (χ1n) is 4.59. The topological polar surface area (TPSA) is 79.7 Å². The Kier molecular flexibility index (Phi) is 2.63. The fourth-order valence-corrected chi connectivity index (χ4v) is 1.24. The van der Waals surface area contributed by atoms with Crippen LogP contribution in [0.15, 0.2) is 33.5 Å². The van der Waals surface area contributed by atoms with E-state index in [1.807, 2.05) is 6.07 Å². The number of aromatic nitrogens is 1. The summed E-state index contributed by atoms with van der Waals surface area (Å²) in [5.41, 5.74) is -0.110. The van der Waals surface area contributed by atoms with Crippen molar-refractivity contribution >= 4 is 12.0 Å². The Balaban J connectivity index is 2.08. The van der Waals surface area contributed by atoms with Crippen LogP contribution < -0.4 is 4.90 Å². The van der Waals surface area contributed by atoms with Gasteiger partial charge in [-0.2, -0.15) is 4.98 Å². The minimum Gasteiger partial charge on any atom is -0.476 e. The molecule has 0 bridgehead atoms. The van der Waals surface area contributed by atoms with E-state index in [1.165, 1.54) is 0 Å². The second kappa shape index (κ2) is 4.09. The Hall–Kier alpha value is -2.24. The van der Waals surface area contributed by atoms with Crippen molar-refractivity contribution in [2.24, 2.45) is 0 Å². The molecule has 0 saturated carbocycles. The highest BCUT2D eigenvalue weighted by atomic mass is 16.4. The Bertz CT molecular complexity index is 475. The number of oxazole rings is 1. The van der Waals surface area contributed by atoms with E-state index in [0.29, 0.717) is 6.54 Å². The van der Waals surface area contributed by atoms with Gasteiger partial charge in [-0.25, -0.2) is 4.79 Å². The van der Waals surface area contributed by atoms with Crippen LogP contribution in [0.25, 0.3) is 0 Å². The summed E-state index contributed by atoms with van der Waals surface area (Å²) in [5.74, 6) is -0.362. The summed E-state index contributed by atoms with van der Waals surface area (Å²) >= 11 is 0. The molecule has 0 aliphatic heterocycles. The molecule has 0 radical (unpaired) electrons. The Morgan fingerprint density at radius 2 is 2.38 bits per heavy atom. The van der Waals surface area contributed by atoms with E-state index in [2.05, 4.69) is 4.98 Å². The number of hydrogen-bond donors (Lipinski definition) is 1. The van der Waals surface area contributed by atoms with Gasteiger partial charge < -0.3 is 18.8 Å². The van der Waals surface area contributed by atoms with Crippen LogP contribution in [0, 0.1) is 0 Å². The first-order chi connectivity index (χ1) is 7.66. The smallest absolute Gasteiger partial charge is 0.357 e. The number of carbonyl (C=O) groups is 1. The lowest BCUT2D eigenvalue weighted by atomic mass is 10.4. The van der Waals surface area contributed by atoms with Crippen LogP contribution in [-0.4, -0.2) is 23.1 Å².